The van der Waals surface area contributed by atoms with Gasteiger partial charge in [0.1, 0.15) is 0 Å². The number of sulfonamides is 1. The van der Waals surface area contributed by atoms with Crippen LogP contribution < -0.4 is 0 Å². The zero-order valence-corrected chi connectivity index (χ0v) is 17.2. The Balaban J connectivity index is 1.62. The number of fused-ring (bicyclic) bond motifs is 2. The third-order valence-electron chi connectivity index (χ3n) is 6.36. The standard InChI is InChI=1S/C22H28N2O4S/c25-16-22(17-26)11-19-14-23(29(27,28)21-9-5-2-6-10-21)15-20(12-22)24(19)13-18-7-3-1-4-8-18/h1-10,19-20,25-26H,11-17H2/t19-,20+. The van der Waals surface area contributed by atoms with Crippen molar-refractivity contribution in [1.82, 2.24) is 9.21 Å². The third kappa shape index (κ3) is 3.98. The first-order valence-electron chi connectivity index (χ1n) is 10.0. The second-order valence-corrected chi connectivity index (χ2v) is 10.3. The van der Waals surface area contributed by atoms with Gasteiger partial charge < -0.3 is 10.2 Å². The van der Waals surface area contributed by atoms with Crippen LogP contribution in [0.5, 0.6) is 0 Å². The molecular weight excluding hydrogens is 388 g/mol. The van der Waals surface area contributed by atoms with E-state index in [1.165, 1.54) is 5.56 Å². The molecule has 2 N–H and O–H groups in total. The summed E-state index contributed by atoms with van der Waals surface area (Å²) in [5.41, 5.74) is 0.632. The van der Waals surface area contributed by atoms with Crippen LogP contribution in [0.1, 0.15) is 18.4 Å². The first-order valence-corrected chi connectivity index (χ1v) is 11.5. The Morgan fingerprint density at radius 3 is 1.90 bits per heavy atom. The molecule has 0 aromatic heterocycles. The number of piperazine rings is 1. The molecule has 0 amide bonds. The fraction of sp³-hybridized carbons (Fsp3) is 0.455. The van der Waals surface area contributed by atoms with Gasteiger partial charge in [-0.05, 0) is 30.5 Å². The van der Waals surface area contributed by atoms with Crippen LogP contribution in [0, 0.1) is 5.41 Å². The molecule has 0 radical (unpaired) electrons. The summed E-state index contributed by atoms with van der Waals surface area (Å²) >= 11 is 0. The predicted molar refractivity (Wildman–Crippen MR) is 111 cm³/mol. The fourth-order valence-electron chi connectivity index (χ4n) is 4.80. The van der Waals surface area contributed by atoms with E-state index in [1.54, 1.807) is 28.6 Å². The van der Waals surface area contributed by atoms with Crippen LogP contribution in [0.3, 0.4) is 0 Å². The molecule has 2 heterocycles. The molecule has 2 aliphatic rings. The Morgan fingerprint density at radius 1 is 0.862 bits per heavy atom. The molecule has 0 spiro atoms. The van der Waals surface area contributed by atoms with Crippen molar-refractivity contribution < 1.29 is 18.6 Å². The van der Waals surface area contributed by atoms with E-state index in [2.05, 4.69) is 17.0 Å². The lowest BCUT2D eigenvalue weighted by molar-refractivity contribution is -0.0859. The summed E-state index contributed by atoms with van der Waals surface area (Å²) in [7, 11) is -3.57. The number of piperidine rings is 1. The lowest BCUT2D eigenvalue weighted by atomic mass is 9.72. The largest absolute Gasteiger partial charge is 0.396 e. The normalized spacial score (nSPS) is 25.0. The Bertz CT molecular complexity index is 898. The average Bonchev–Trinajstić information content (AvgIpc) is 2.75. The Morgan fingerprint density at radius 2 is 1.38 bits per heavy atom. The predicted octanol–water partition coefficient (Wildman–Crippen LogP) is 1.70. The van der Waals surface area contributed by atoms with E-state index in [1.807, 2.05) is 24.3 Å². The van der Waals surface area contributed by atoms with E-state index in [9.17, 15) is 18.6 Å². The zero-order chi connectivity index (χ0) is 20.5. The van der Waals surface area contributed by atoms with Gasteiger partial charge in [-0.3, -0.25) is 4.90 Å². The van der Waals surface area contributed by atoms with Gasteiger partial charge in [0.15, 0.2) is 0 Å². The SMILES string of the molecule is O=S(=O)(c1ccccc1)N1C[C@@H]2CC(CO)(CO)C[C@H](C1)N2Cc1ccccc1. The van der Waals surface area contributed by atoms with Crippen LogP contribution in [-0.2, 0) is 16.6 Å². The highest BCUT2D eigenvalue weighted by molar-refractivity contribution is 7.89. The van der Waals surface area contributed by atoms with Gasteiger partial charge in [0.2, 0.25) is 10.0 Å². The van der Waals surface area contributed by atoms with Gasteiger partial charge in [-0.2, -0.15) is 4.31 Å². The molecule has 2 aromatic carbocycles. The van der Waals surface area contributed by atoms with E-state index in [0.717, 1.165) is 6.54 Å². The van der Waals surface area contributed by atoms with Crippen molar-refractivity contribution in [1.29, 1.82) is 0 Å². The molecule has 29 heavy (non-hydrogen) atoms. The van der Waals surface area contributed by atoms with Crippen LogP contribution in [-0.4, -0.2) is 66.2 Å². The van der Waals surface area contributed by atoms with Crippen molar-refractivity contribution in [3.05, 3.63) is 66.2 Å². The first kappa shape index (κ1) is 20.5. The highest BCUT2D eigenvalue weighted by Gasteiger charge is 2.49. The number of benzene rings is 2. The number of hydrogen-bond acceptors (Lipinski definition) is 5. The van der Waals surface area contributed by atoms with Crippen molar-refractivity contribution in [2.24, 2.45) is 5.41 Å². The van der Waals surface area contributed by atoms with Crippen LogP contribution in [0.2, 0.25) is 0 Å². The van der Waals surface area contributed by atoms with Crippen molar-refractivity contribution >= 4 is 10.0 Å². The van der Waals surface area contributed by atoms with Gasteiger partial charge in [-0.1, -0.05) is 48.5 Å². The summed E-state index contributed by atoms with van der Waals surface area (Å²) in [6.07, 6.45) is 1.15. The summed E-state index contributed by atoms with van der Waals surface area (Å²) in [6, 6.07) is 18.6. The smallest absolute Gasteiger partial charge is 0.243 e. The first-order chi connectivity index (χ1) is 14.0. The Kier molecular flexibility index (Phi) is 5.77. The lowest BCUT2D eigenvalue weighted by Crippen LogP contribution is -2.65. The van der Waals surface area contributed by atoms with E-state index in [-0.39, 0.29) is 25.3 Å². The topological polar surface area (TPSA) is 81.1 Å². The average molecular weight is 417 g/mol. The summed E-state index contributed by atoms with van der Waals surface area (Å²) in [4.78, 5) is 2.67. The van der Waals surface area contributed by atoms with Gasteiger partial charge in [0, 0.05) is 37.1 Å². The number of aliphatic hydroxyl groups is 2. The lowest BCUT2D eigenvalue weighted by Gasteiger charge is -2.55. The van der Waals surface area contributed by atoms with Crippen molar-refractivity contribution in [3.8, 4) is 0 Å². The molecule has 0 aliphatic carbocycles. The highest BCUT2D eigenvalue weighted by Crippen LogP contribution is 2.42. The zero-order valence-electron chi connectivity index (χ0n) is 16.4. The molecule has 7 heteroatoms. The Hall–Kier alpha value is -1.77. The fourth-order valence-corrected chi connectivity index (χ4v) is 6.33. The quantitative estimate of drug-likeness (QED) is 0.749. The van der Waals surface area contributed by atoms with E-state index >= 15 is 0 Å². The van der Waals surface area contributed by atoms with Crippen molar-refractivity contribution in [2.45, 2.75) is 36.4 Å². The van der Waals surface area contributed by atoms with Crippen LogP contribution >= 0.6 is 0 Å². The molecule has 2 atom stereocenters. The van der Waals surface area contributed by atoms with Crippen molar-refractivity contribution in [3.63, 3.8) is 0 Å². The van der Waals surface area contributed by atoms with E-state index < -0.39 is 15.4 Å². The van der Waals surface area contributed by atoms with E-state index in [0.29, 0.717) is 30.8 Å². The third-order valence-corrected chi connectivity index (χ3v) is 8.21. The maximum absolute atomic E-state index is 13.2. The van der Waals surface area contributed by atoms with Crippen LogP contribution in [0.15, 0.2) is 65.6 Å². The number of nitrogens with zero attached hydrogens (tertiary/aromatic N) is 2. The molecule has 2 fully saturated rings. The number of aliphatic hydroxyl groups excluding tert-OH is 2. The van der Waals surface area contributed by atoms with Gasteiger partial charge >= 0.3 is 0 Å². The van der Waals surface area contributed by atoms with Crippen LogP contribution in [0.4, 0.5) is 0 Å². The van der Waals surface area contributed by atoms with Gasteiger partial charge in [0.05, 0.1) is 18.1 Å². The minimum absolute atomic E-state index is 0.0551. The number of rotatable bonds is 6. The highest BCUT2D eigenvalue weighted by atomic mass is 32.2. The van der Waals surface area contributed by atoms with Gasteiger partial charge in [-0.15, -0.1) is 0 Å². The molecule has 2 bridgehead atoms. The summed E-state index contributed by atoms with van der Waals surface area (Å²) in [5, 5.41) is 19.9. The molecule has 6 nitrogen and oxygen atoms in total. The monoisotopic (exact) mass is 416 g/mol. The van der Waals surface area contributed by atoms with Crippen molar-refractivity contribution in [2.75, 3.05) is 26.3 Å². The maximum atomic E-state index is 13.2. The molecule has 0 unspecified atom stereocenters. The maximum Gasteiger partial charge on any atom is 0.243 e. The molecule has 2 aromatic rings. The molecule has 156 valence electrons. The number of hydrogen-bond donors (Lipinski definition) is 2. The second kappa shape index (κ2) is 8.16. The Labute approximate surface area is 172 Å². The molecule has 2 saturated heterocycles. The minimum Gasteiger partial charge on any atom is -0.396 e. The summed E-state index contributed by atoms with van der Waals surface area (Å²) in [6.45, 7) is 1.30. The molecular formula is C22H28N2O4S. The summed E-state index contributed by atoms with van der Waals surface area (Å²) in [5.74, 6) is 0. The van der Waals surface area contributed by atoms with Gasteiger partial charge in [0.25, 0.3) is 0 Å². The second-order valence-electron chi connectivity index (χ2n) is 8.33. The minimum atomic E-state index is -3.57. The molecule has 2 aliphatic heterocycles. The molecule has 0 saturated carbocycles. The van der Waals surface area contributed by atoms with Gasteiger partial charge in [-0.25, -0.2) is 8.42 Å². The van der Waals surface area contributed by atoms with E-state index in [4.69, 9.17) is 0 Å². The summed E-state index contributed by atoms with van der Waals surface area (Å²) < 4.78 is 28.0. The molecule has 4 rings (SSSR count). The van der Waals surface area contributed by atoms with Crippen LogP contribution in [0.25, 0.3) is 0 Å².